The molecule has 0 heterocycles. The Morgan fingerprint density at radius 3 is 2.52 bits per heavy atom. The van der Waals surface area contributed by atoms with Crippen LogP contribution in [0.1, 0.15) is 48.5 Å². The van der Waals surface area contributed by atoms with E-state index in [0.717, 1.165) is 37.2 Å². The molecule has 0 amide bonds. The minimum absolute atomic E-state index is 0.319. The number of hydrogen-bond donors (Lipinski definition) is 2. The van der Waals surface area contributed by atoms with E-state index in [0.29, 0.717) is 18.7 Å². The van der Waals surface area contributed by atoms with Crippen molar-refractivity contribution in [1.82, 2.24) is 5.32 Å². The monoisotopic (exact) mass is 291 g/mol. The number of nitrogens with one attached hydrogen (secondary N) is 1. The fraction of sp³-hybridized carbons (Fsp3) is 0.588. The van der Waals surface area contributed by atoms with Crippen LogP contribution in [0.4, 0.5) is 0 Å². The minimum atomic E-state index is -0.557. The second-order valence-corrected chi connectivity index (χ2v) is 6.20. The summed E-state index contributed by atoms with van der Waals surface area (Å²) in [6, 6.07) is 7.35. The van der Waals surface area contributed by atoms with Crippen LogP contribution in [0.15, 0.2) is 24.3 Å². The molecule has 1 fully saturated rings. The zero-order chi connectivity index (χ0) is 15.3. The lowest BCUT2D eigenvalue weighted by Crippen LogP contribution is -2.43. The molecule has 4 nitrogen and oxygen atoms in total. The van der Waals surface area contributed by atoms with Crippen LogP contribution in [0, 0.1) is 5.92 Å². The van der Waals surface area contributed by atoms with Crippen molar-refractivity contribution >= 4 is 5.97 Å². The van der Waals surface area contributed by atoms with Crippen molar-refractivity contribution < 1.29 is 14.6 Å². The van der Waals surface area contributed by atoms with Crippen LogP contribution in [0.3, 0.4) is 0 Å². The molecular formula is C17H25NO3. The number of carbonyl (C=O) groups excluding carboxylic acids is 1. The molecule has 0 unspecified atom stereocenters. The molecule has 0 bridgehead atoms. The first-order valence-electron chi connectivity index (χ1n) is 7.63. The molecule has 0 aromatic heterocycles. The highest BCUT2D eigenvalue weighted by Crippen LogP contribution is 2.31. The summed E-state index contributed by atoms with van der Waals surface area (Å²) in [5.41, 5.74) is 1.09. The maximum Gasteiger partial charge on any atom is 0.337 e. The first-order chi connectivity index (χ1) is 10.0. The molecule has 2 N–H and O–H groups in total. The second-order valence-electron chi connectivity index (χ2n) is 6.20. The Bertz CT molecular complexity index is 461. The number of carbonyl (C=O) groups is 1. The van der Waals surface area contributed by atoms with Gasteiger partial charge in [-0.2, -0.15) is 0 Å². The SMILES string of the molecule is COC(=O)c1ccc(CNCC2(O)CCC(C)CC2)cc1. The third-order valence-corrected chi connectivity index (χ3v) is 4.36. The van der Waals surface area contributed by atoms with Crippen molar-refractivity contribution in [2.24, 2.45) is 5.92 Å². The zero-order valence-corrected chi connectivity index (χ0v) is 12.9. The summed E-state index contributed by atoms with van der Waals surface area (Å²) in [4.78, 5) is 11.3. The Balaban J connectivity index is 1.79. The molecule has 21 heavy (non-hydrogen) atoms. The first-order valence-corrected chi connectivity index (χ1v) is 7.63. The number of esters is 1. The molecule has 116 valence electrons. The lowest BCUT2D eigenvalue weighted by atomic mass is 9.79. The molecule has 1 saturated carbocycles. The van der Waals surface area contributed by atoms with Crippen molar-refractivity contribution in [2.45, 2.75) is 44.8 Å². The maximum atomic E-state index is 11.3. The fourth-order valence-electron chi connectivity index (χ4n) is 2.79. The highest BCUT2D eigenvalue weighted by atomic mass is 16.5. The fourth-order valence-corrected chi connectivity index (χ4v) is 2.79. The van der Waals surface area contributed by atoms with Gasteiger partial charge in [0.25, 0.3) is 0 Å². The first kappa shape index (κ1) is 16.0. The van der Waals surface area contributed by atoms with Crippen molar-refractivity contribution in [2.75, 3.05) is 13.7 Å². The molecule has 1 aliphatic carbocycles. The van der Waals surface area contributed by atoms with E-state index < -0.39 is 5.60 Å². The highest BCUT2D eigenvalue weighted by molar-refractivity contribution is 5.89. The van der Waals surface area contributed by atoms with Gasteiger partial charge in [-0.15, -0.1) is 0 Å². The molecule has 0 atom stereocenters. The highest BCUT2D eigenvalue weighted by Gasteiger charge is 2.31. The molecular weight excluding hydrogens is 266 g/mol. The summed E-state index contributed by atoms with van der Waals surface area (Å²) in [7, 11) is 1.38. The normalized spacial score (nSPS) is 25.6. The van der Waals surface area contributed by atoms with Crippen molar-refractivity contribution in [3.05, 3.63) is 35.4 Å². The van der Waals surface area contributed by atoms with Crippen LogP contribution in [-0.4, -0.2) is 30.3 Å². The summed E-state index contributed by atoms with van der Waals surface area (Å²) in [6.45, 7) is 3.56. The second kappa shape index (κ2) is 7.05. The third kappa shape index (κ3) is 4.55. The predicted octanol–water partition coefficient (Wildman–Crippen LogP) is 2.50. The Morgan fingerprint density at radius 2 is 1.95 bits per heavy atom. The number of ether oxygens (including phenoxy) is 1. The van der Waals surface area contributed by atoms with Crippen LogP contribution >= 0.6 is 0 Å². The molecule has 0 aliphatic heterocycles. The van der Waals surface area contributed by atoms with Crippen LogP contribution in [0.2, 0.25) is 0 Å². The van der Waals surface area contributed by atoms with E-state index in [9.17, 15) is 9.90 Å². The van der Waals surface area contributed by atoms with Gasteiger partial charge < -0.3 is 15.2 Å². The number of rotatable bonds is 5. The van der Waals surface area contributed by atoms with E-state index in [4.69, 9.17) is 0 Å². The Morgan fingerprint density at radius 1 is 1.33 bits per heavy atom. The van der Waals surface area contributed by atoms with Crippen LogP contribution in [0.25, 0.3) is 0 Å². The molecule has 2 rings (SSSR count). The molecule has 1 aromatic rings. The van der Waals surface area contributed by atoms with Gasteiger partial charge >= 0.3 is 5.97 Å². The standard InChI is InChI=1S/C17H25NO3/c1-13-7-9-17(20,10-8-13)12-18-11-14-3-5-15(6-4-14)16(19)21-2/h3-6,13,18,20H,7-12H2,1-2H3. The predicted molar refractivity (Wildman–Crippen MR) is 82.1 cm³/mol. The van der Waals surface area contributed by atoms with Crippen LogP contribution < -0.4 is 5.32 Å². The molecule has 0 radical (unpaired) electrons. The number of methoxy groups -OCH3 is 1. The molecule has 0 spiro atoms. The quantitative estimate of drug-likeness (QED) is 0.818. The van der Waals surface area contributed by atoms with Crippen LogP contribution in [0.5, 0.6) is 0 Å². The Labute approximate surface area is 126 Å². The summed E-state index contributed by atoms with van der Waals surface area (Å²) < 4.78 is 4.67. The molecule has 1 aliphatic rings. The summed E-state index contributed by atoms with van der Waals surface area (Å²) in [6.07, 6.45) is 3.96. The van der Waals surface area contributed by atoms with Gasteiger partial charge in [0.2, 0.25) is 0 Å². The minimum Gasteiger partial charge on any atom is -0.465 e. The van der Waals surface area contributed by atoms with Gasteiger partial charge in [-0.05, 0) is 49.3 Å². The molecule has 0 saturated heterocycles. The lowest BCUT2D eigenvalue weighted by molar-refractivity contribution is -0.00630. The van der Waals surface area contributed by atoms with Gasteiger partial charge in [0.15, 0.2) is 0 Å². The van der Waals surface area contributed by atoms with Crippen molar-refractivity contribution in [3.8, 4) is 0 Å². The van der Waals surface area contributed by atoms with Gasteiger partial charge in [0.05, 0.1) is 18.3 Å². The summed E-state index contributed by atoms with van der Waals surface area (Å²) in [5.74, 6) is 0.413. The average Bonchev–Trinajstić information content (AvgIpc) is 2.50. The lowest BCUT2D eigenvalue weighted by Gasteiger charge is -2.35. The number of aliphatic hydroxyl groups is 1. The smallest absolute Gasteiger partial charge is 0.337 e. The molecule has 4 heteroatoms. The van der Waals surface area contributed by atoms with Crippen LogP contribution in [-0.2, 0) is 11.3 Å². The largest absolute Gasteiger partial charge is 0.465 e. The summed E-state index contributed by atoms with van der Waals surface area (Å²) >= 11 is 0. The van der Waals surface area contributed by atoms with E-state index in [-0.39, 0.29) is 5.97 Å². The maximum absolute atomic E-state index is 11.3. The Hall–Kier alpha value is -1.39. The average molecular weight is 291 g/mol. The number of hydrogen-bond acceptors (Lipinski definition) is 4. The van der Waals surface area contributed by atoms with E-state index in [1.165, 1.54) is 7.11 Å². The van der Waals surface area contributed by atoms with Gasteiger partial charge in [0.1, 0.15) is 0 Å². The van der Waals surface area contributed by atoms with E-state index in [2.05, 4.69) is 17.0 Å². The third-order valence-electron chi connectivity index (χ3n) is 4.36. The van der Waals surface area contributed by atoms with E-state index >= 15 is 0 Å². The molecule has 1 aromatic carbocycles. The number of benzene rings is 1. The van der Waals surface area contributed by atoms with Gasteiger partial charge in [-0.25, -0.2) is 4.79 Å². The van der Waals surface area contributed by atoms with Gasteiger partial charge in [0, 0.05) is 13.1 Å². The van der Waals surface area contributed by atoms with Gasteiger partial charge in [-0.3, -0.25) is 0 Å². The topological polar surface area (TPSA) is 58.6 Å². The summed E-state index contributed by atoms with van der Waals surface area (Å²) in [5, 5.41) is 13.8. The van der Waals surface area contributed by atoms with Crippen molar-refractivity contribution in [1.29, 1.82) is 0 Å². The van der Waals surface area contributed by atoms with E-state index in [1.54, 1.807) is 12.1 Å². The van der Waals surface area contributed by atoms with Crippen molar-refractivity contribution in [3.63, 3.8) is 0 Å². The Kier molecular flexibility index (Phi) is 5.37. The van der Waals surface area contributed by atoms with Gasteiger partial charge in [-0.1, -0.05) is 19.1 Å². The van der Waals surface area contributed by atoms with E-state index in [1.807, 2.05) is 12.1 Å². The zero-order valence-electron chi connectivity index (χ0n) is 12.9.